The highest BCUT2D eigenvalue weighted by Gasteiger charge is 2.28. The second-order valence-electron chi connectivity index (χ2n) is 7.20. The first-order valence-electron chi connectivity index (χ1n) is 9.70. The Hall–Kier alpha value is -3.87. The molecule has 3 aromatic rings. The van der Waals surface area contributed by atoms with Gasteiger partial charge in [-0.3, -0.25) is 19.3 Å². The molecule has 1 heterocycles. The summed E-state index contributed by atoms with van der Waals surface area (Å²) in [7, 11) is 0. The molecule has 4 rings (SSSR count). The normalized spacial score (nSPS) is 13.5. The quantitative estimate of drug-likeness (QED) is 0.617. The Kier molecular flexibility index (Phi) is 5.58. The van der Waals surface area contributed by atoms with Crippen LogP contribution in [0.25, 0.3) is 11.1 Å². The SMILES string of the molecule is O=C(Nc1c(F)cc(F)cc1-c1ccccc1)c1ccc(CN2C(=O)CCC2=O)cc1. The van der Waals surface area contributed by atoms with Gasteiger partial charge in [0.1, 0.15) is 11.6 Å². The highest BCUT2D eigenvalue weighted by atomic mass is 19.1. The van der Waals surface area contributed by atoms with Crippen molar-refractivity contribution < 1.29 is 23.2 Å². The third-order valence-corrected chi connectivity index (χ3v) is 5.09. The number of amides is 3. The van der Waals surface area contributed by atoms with Crippen molar-refractivity contribution in [2.45, 2.75) is 19.4 Å². The second kappa shape index (κ2) is 8.47. The van der Waals surface area contributed by atoms with Gasteiger partial charge in [0.15, 0.2) is 0 Å². The maximum atomic E-state index is 14.5. The lowest BCUT2D eigenvalue weighted by atomic mass is 10.0. The molecule has 3 aromatic carbocycles. The van der Waals surface area contributed by atoms with E-state index in [2.05, 4.69) is 5.32 Å². The molecular weight excluding hydrogens is 402 g/mol. The largest absolute Gasteiger partial charge is 0.319 e. The molecule has 0 unspecified atom stereocenters. The minimum absolute atomic E-state index is 0.116. The molecule has 5 nitrogen and oxygen atoms in total. The zero-order chi connectivity index (χ0) is 22.0. The fraction of sp³-hybridized carbons (Fsp3) is 0.125. The average Bonchev–Trinajstić information content (AvgIpc) is 3.08. The van der Waals surface area contributed by atoms with Crippen LogP contribution in [-0.2, 0) is 16.1 Å². The van der Waals surface area contributed by atoms with Crippen LogP contribution in [0, 0.1) is 11.6 Å². The predicted molar refractivity (Wildman–Crippen MR) is 111 cm³/mol. The Morgan fingerprint density at radius 3 is 2.19 bits per heavy atom. The van der Waals surface area contributed by atoms with Gasteiger partial charge in [-0.05, 0) is 29.3 Å². The van der Waals surface area contributed by atoms with Crippen molar-refractivity contribution in [2.75, 3.05) is 5.32 Å². The standard InChI is InChI=1S/C24H18F2N2O3/c25-18-12-19(16-4-2-1-3-5-16)23(20(26)13-18)27-24(31)17-8-6-15(7-9-17)14-28-21(29)10-11-22(28)30/h1-9,12-13H,10-11,14H2,(H,27,31). The molecule has 1 saturated heterocycles. The number of likely N-dealkylation sites (tertiary alicyclic amines) is 1. The number of imide groups is 1. The summed E-state index contributed by atoms with van der Waals surface area (Å²) in [6, 6.07) is 16.8. The van der Waals surface area contributed by atoms with Crippen LogP contribution in [-0.4, -0.2) is 22.6 Å². The van der Waals surface area contributed by atoms with Gasteiger partial charge in [0.2, 0.25) is 11.8 Å². The summed E-state index contributed by atoms with van der Waals surface area (Å²) in [6.07, 6.45) is 0.429. The minimum Gasteiger partial charge on any atom is -0.319 e. The van der Waals surface area contributed by atoms with E-state index >= 15 is 0 Å². The van der Waals surface area contributed by atoms with Crippen molar-refractivity contribution in [1.29, 1.82) is 0 Å². The summed E-state index contributed by atoms with van der Waals surface area (Å²) in [6.45, 7) is 0.143. The van der Waals surface area contributed by atoms with Crippen molar-refractivity contribution in [1.82, 2.24) is 4.90 Å². The maximum Gasteiger partial charge on any atom is 0.255 e. The van der Waals surface area contributed by atoms with Crippen LogP contribution >= 0.6 is 0 Å². The number of nitrogens with zero attached hydrogens (tertiary/aromatic N) is 1. The van der Waals surface area contributed by atoms with Crippen molar-refractivity contribution in [2.24, 2.45) is 0 Å². The zero-order valence-corrected chi connectivity index (χ0v) is 16.4. The monoisotopic (exact) mass is 420 g/mol. The van der Waals surface area contributed by atoms with E-state index in [1.807, 2.05) is 0 Å². The number of rotatable bonds is 5. The molecule has 0 aliphatic carbocycles. The molecule has 3 amide bonds. The van der Waals surface area contributed by atoms with Crippen LogP contribution in [0.3, 0.4) is 0 Å². The van der Waals surface area contributed by atoms with E-state index < -0.39 is 17.5 Å². The topological polar surface area (TPSA) is 66.5 Å². The third kappa shape index (κ3) is 4.35. The highest BCUT2D eigenvalue weighted by Crippen LogP contribution is 2.32. The lowest BCUT2D eigenvalue weighted by Gasteiger charge is -2.15. The lowest BCUT2D eigenvalue weighted by molar-refractivity contribution is -0.139. The molecule has 1 aliphatic rings. The number of anilines is 1. The van der Waals surface area contributed by atoms with E-state index in [1.165, 1.54) is 23.1 Å². The average molecular weight is 420 g/mol. The number of nitrogens with one attached hydrogen (secondary N) is 1. The second-order valence-corrected chi connectivity index (χ2v) is 7.20. The van der Waals surface area contributed by atoms with Crippen LogP contribution in [0.4, 0.5) is 14.5 Å². The number of carbonyl (C=O) groups excluding carboxylic acids is 3. The molecule has 1 fully saturated rings. The summed E-state index contributed by atoms with van der Waals surface area (Å²) in [5.41, 5.74) is 1.62. The molecule has 7 heteroatoms. The van der Waals surface area contributed by atoms with E-state index in [0.717, 1.165) is 6.07 Å². The summed E-state index contributed by atoms with van der Waals surface area (Å²) >= 11 is 0. The maximum absolute atomic E-state index is 14.5. The van der Waals surface area contributed by atoms with Crippen LogP contribution in [0.15, 0.2) is 66.7 Å². The molecule has 1 aliphatic heterocycles. The summed E-state index contributed by atoms with van der Waals surface area (Å²) < 4.78 is 28.3. The predicted octanol–water partition coefficient (Wildman–Crippen LogP) is 4.53. The van der Waals surface area contributed by atoms with Gasteiger partial charge >= 0.3 is 0 Å². The van der Waals surface area contributed by atoms with E-state index in [4.69, 9.17) is 0 Å². The molecule has 156 valence electrons. The van der Waals surface area contributed by atoms with Gasteiger partial charge in [-0.15, -0.1) is 0 Å². The van der Waals surface area contributed by atoms with Gasteiger partial charge < -0.3 is 5.32 Å². The van der Waals surface area contributed by atoms with Gasteiger partial charge in [-0.2, -0.15) is 0 Å². The molecular formula is C24H18F2N2O3. The zero-order valence-electron chi connectivity index (χ0n) is 16.4. The Bertz CT molecular complexity index is 1150. The molecule has 0 bridgehead atoms. The Morgan fingerprint density at radius 2 is 1.55 bits per heavy atom. The Morgan fingerprint density at radius 1 is 0.903 bits per heavy atom. The number of benzene rings is 3. The summed E-state index contributed by atoms with van der Waals surface area (Å²) in [4.78, 5) is 37.4. The van der Waals surface area contributed by atoms with Gasteiger partial charge in [0, 0.05) is 30.0 Å². The minimum atomic E-state index is -0.880. The van der Waals surface area contributed by atoms with Crippen LogP contribution < -0.4 is 5.32 Å². The molecule has 0 saturated carbocycles. The highest BCUT2D eigenvalue weighted by molar-refractivity contribution is 6.06. The fourth-order valence-corrected chi connectivity index (χ4v) is 3.48. The molecule has 31 heavy (non-hydrogen) atoms. The van der Waals surface area contributed by atoms with Gasteiger partial charge in [-0.1, -0.05) is 42.5 Å². The number of hydrogen-bond donors (Lipinski definition) is 1. The van der Waals surface area contributed by atoms with E-state index in [-0.39, 0.29) is 48.0 Å². The molecule has 0 atom stereocenters. The van der Waals surface area contributed by atoms with Gasteiger partial charge in [0.05, 0.1) is 12.2 Å². The van der Waals surface area contributed by atoms with Gasteiger partial charge in [0.25, 0.3) is 5.91 Å². The summed E-state index contributed by atoms with van der Waals surface area (Å²) in [5, 5.41) is 2.53. The van der Waals surface area contributed by atoms with Crippen LogP contribution in [0.1, 0.15) is 28.8 Å². The first kappa shape index (κ1) is 20.4. The fourth-order valence-electron chi connectivity index (χ4n) is 3.48. The lowest BCUT2D eigenvalue weighted by Crippen LogP contribution is -2.28. The first-order chi connectivity index (χ1) is 14.9. The molecule has 0 spiro atoms. The Balaban J connectivity index is 1.55. The van der Waals surface area contributed by atoms with Crippen molar-refractivity contribution in [3.8, 4) is 11.1 Å². The Labute approximate surface area is 177 Å². The molecule has 0 aromatic heterocycles. The smallest absolute Gasteiger partial charge is 0.255 e. The van der Waals surface area contributed by atoms with Crippen LogP contribution in [0.5, 0.6) is 0 Å². The number of halogens is 2. The summed E-state index contributed by atoms with van der Waals surface area (Å²) in [5.74, 6) is -2.62. The first-order valence-corrected chi connectivity index (χ1v) is 9.70. The molecule has 0 radical (unpaired) electrons. The van der Waals surface area contributed by atoms with E-state index in [9.17, 15) is 23.2 Å². The third-order valence-electron chi connectivity index (χ3n) is 5.09. The number of hydrogen-bond acceptors (Lipinski definition) is 3. The molecule has 1 N–H and O–H groups in total. The van der Waals surface area contributed by atoms with E-state index in [0.29, 0.717) is 11.1 Å². The van der Waals surface area contributed by atoms with Crippen LogP contribution in [0.2, 0.25) is 0 Å². The van der Waals surface area contributed by atoms with Crippen molar-refractivity contribution in [3.63, 3.8) is 0 Å². The van der Waals surface area contributed by atoms with Crippen molar-refractivity contribution >= 4 is 23.4 Å². The number of carbonyl (C=O) groups is 3. The van der Waals surface area contributed by atoms with Crippen molar-refractivity contribution in [3.05, 3.63) is 89.5 Å². The van der Waals surface area contributed by atoms with E-state index in [1.54, 1.807) is 42.5 Å². The van der Waals surface area contributed by atoms with Gasteiger partial charge in [-0.25, -0.2) is 8.78 Å².